The molecule has 47 heavy (non-hydrogen) atoms. The van der Waals surface area contributed by atoms with Crippen molar-refractivity contribution < 1.29 is 22.7 Å². The molecule has 11 heteroatoms. The van der Waals surface area contributed by atoms with Crippen molar-refractivity contribution in [2.24, 2.45) is 0 Å². The number of thiophene rings is 1. The lowest BCUT2D eigenvalue weighted by Crippen LogP contribution is -2.49. The first kappa shape index (κ1) is 35.8. The van der Waals surface area contributed by atoms with Crippen LogP contribution in [0.3, 0.4) is 0 Å². The fourth-order valence-corrected chi connectivity index (χ4v) is 6.32. The normalized spacial score (nSPS) is 12.4. The zero-order chi connectivity index (χ0) is 34.0. The first-order valence-electron chi connectivity index (χ1n) is 15.9. The molecule has 0 bridgehead atoms. The summed E-state index contributed by atoms with van der Waals surface area (Å²) in [5.41, 5.74) is 3.24. The Morgan fingerprint density at radius 3 is 2.09 bits per heavy atom. The number of amides is 2. The van der Waals surface area contributed by atoms with Gasteiger partial charge in [0.2, 0.25) is 10.0 Å². The average Bonchev–Trinajstić information content (AvgIpc) is 3.54. The molecule has 0 radical (unpaired) electrons. The summed E-state index contributed by atoms with van der Waals surface area (Å²) in [4.78, 5) is 36.6. The van der Waals surface area contributed by atoms with Gasteiger partial charge in [-0.25, -0.2) is 18.4 Å². The van der Waals surface area contributed by atoms with E-state index in [9.17, 15) is 18.0 Å². The number of unbranched alkanes of at least 4 members (excludes halogenated alkanes) is 4. The predicted octanol–water partition coefficient (Wildman–Crippen LogP) is 6.94. The van der Waals surface area contributed by atoms with Crippen LogP contribution in [-0.4, -0.2) is 49.1 Å². The molecule has 9 nitrogen and oxygen atoms in total. The van der Waals surface area contributed by atoms with E-state index in [0.717, 1.165) is 52.2 Å². The number of aromatic nitrogens is 2. The van der Waals surface area contributed by atoms with Crippen LogP contribution in [0.5, 0.6) is 5.75 Å². The summed E-state index contributed by atoms with van der Waals surface area (Å²) in [6, 6.07) is 17.7. The molecule has 250 valence electrons. The van der Waals surface area contributed by atoms with Gasteiger partial charge in [-0.2, -0.15) is 0 Å². The molecule has 1 unspecified atom stereocenters. The van der Waals surface area contributed by atoms with Gasteiger partial charge in [-0.05, 0) is 47.2 Å². The number of nitrogens with one attached hydrogen (secondary N) is 2. The van der Waals surface area contributed by atoms with Gasteiger partial charge in [0.25, 0.3) is 11.8 Å². The van der Waals surface area contributed by atoms with Crippen molar-refractivity contribution in [2.45, 2.75) is 77.7 Å². The summed E-state index contributed by atoms with van der Waals surface area (Å²) in [5.74, 6) is 0.136. The molecule has 4 aromatic rings. The number of ether oxygens (including phenoxy) is 1. The van der Waals surface area contributed by atoms with Crippen LogP contribution in [0.15, 0.2) is 73.1 Å². The van der Waals surface area contributed by atoms with Gasteiger partial charge in [-0.3, -0.25) is 14.3 Å². The van der Waals surface area contributed by atoms with Gasteiger partial charge in [-0.1, -0.05) is 89.8 Å². The average molecular weight is 677 g/mol. The number of nitrogens with zero attached hydrogens (tertiary/aromatic N) is 2. The second kappa shape index (κ2) is 16.1. The van der Waals surface area contributed by atoms with E-state index in [1.54, 1.807) is 18.5 Å². The van der Waals surface area contributed by atoms with E-state index in [2.05, 4.69) is 43.0 Å². The molecule has 2 heterocycles. The van der Waals surface area contributed by atoms with E-state index in [1.807, 2.05) is 59.3 Å². The van der Waals surface area contributed by atoms with Crippen LogP contribution in [-0.2, 0) is 26.7 Å². The molecule has 0 aliphatic rings. The summed E-state index contributed by atoms with van der Waals surface area (Å²) in [6.07, 6.45) is 10.5. The monoisotopic (exact) mass is 676 g/mol. The highest BCUT2D eigenvalue weighted by molar-refractivity contribution is 7.89. The predicted molar refractivity (Wildman–Crippen MR) is 188 cm³/mol. The quantitative estimate of drug-likeness (QED) is 0.131. The van der Waals surface area contributed by atoms with E-state index in [1.165, 1.54) is 37.0 Å². The molecule has 0 saturated carbocycles. The second-order valence-corrected chi connectivity index (χ2v) is 15.5. The maximum Gasteiger partial charge on any atom is 0.262 e. The maximum atomic E-state index is 13.1. The lowest BCUT2D eigenvalue weighted by atomic mass is 9.95. The van der Waals surface area contributed by atoms with E-state index in [0.29, 0.717) is 10.7 Å². The summed E-state index contributed by atoms with van der Waals surface area (Å²) in [6.45, 7) is 9.09. The Morgan fingerprint density at radius 2 is 1.49 bits per heavy atom. The van der Waals surface area contributed by atoms with Crippen molar-refractivity contribution >= 4 is 33.2 Å². The molecule has 2 N–H and O–H groups in total. The molecule has 0 aliphatic heterocycles. The highest BCUT2D eigenvalue weighted by atomic mass is 32.2. The molecule has 0 saturated heterocycles. The Labute approximate surface area is 282 Å². The van der Waals surface area contributed by atoms with Gasteiger partial charge in [0.05, 0.1) is 17.7 Å². The minimum absolute atomic E-state index is 0.0865. The molecule has 1 atom stereocenters. The Kier molecular flexibility index (Phi) is 12.3. The van der Waals surface area contributed by atoms with Gasteiger partial charge < -0.3 is 10.1 Å². The zero-order valence-electron chi connectivity index (χ0n) is 27.7. The van der Waals surface area contributed by atoms with Gasteiger partial charge in [0.1, 0.15) is 11.8 Å². The minimum Gasteiger partial charge on any atom is -0.494 e. The number of hydrogen-bond donors (Lipinski definition) is 2. The zero-order valence-corrected chi connectivity index (χ0v) is 29.3. The lowest BCUT2D eigenvalue weighted by Gasteiger charge is -2.18. The number of carbonyl (C=O) groups is 2. The van der Waals surface area contributed by atoms with Crippen molar-refractivity contribution in [3.63, 3.8) is 0 Å². The maximum absolute atomic E-state index is 13.1. The number of rotatable bonds is 15. The summed E-state index contributed by atoms with van der Waals surface area (Å²) in [5, 5.41) is 2.72. The summed E-state index contributed by atoms with van der Waals surface area (Å²) >= 11 is 1.34. The van der Waals surface area contributed by atoms with E-state index in [4.69, 9.17) is 4.74 Å². The lowest BCUT2D eigenvalue weighted by molar-refractivity contribution is -0.121. The van der Waals surface area contributed by atoms with Gasteiger partial charge >= 0.3 is 0 Å². The second-order valence-electron chi connectivity index (χ2n) is 12.7. The SMILES string of the molecule is CCCCCCCOc1ccc(-c2cnc(-c3ccc(CC(NC(=O)c4ccc(C(C)(C)C)s4)C(=O)NS(C)(=O)=O)cc3)nc2)cc1. The first-order valence-corrected chi connectivity index (χ1v) is 18.6. The third-order valence-electron chi connectivity index (χ3n) is 7.48. The Balaban J connectivity index is 1.39. The molecule has 4 rings (SSSR count). The Morgan fingerprint density at radius 1 is 0.851 bits per heavy atom. The standard InChI is InChI=1S/C36H44N4O5S2/c1-6-7-8-9-10-21-45-29-17-15-26(16-18-29)28-23-37-33(38-24-28)27-13-11-25(12-14-27)22-30(34(41)40-47(5,43)44)39-35(42)31-19-20-32(46-31)36(2,3)4/h11-20,23-24,30H,6-10,21-22H2,1-5H3,(H,39,42)(H,40,41). The van der Waals surface area contributed by atoms with Crippen LogP contribution >= 0.6 is 11.3 Å². The Hall–Kier alpha value is -4.09. The van der Waals surface area contributed by atoms with Crippen molar-refractivity contribution in [3.8, 4) is 28.3 Å². The van der Waals surface area contributed by atoms with Crippen molar-refractivity contribution in [1.29, 1.82) is 0 Å². The number of benzene rings is 2. The van der Waals surface area contributed by atoms with E-state index < -0.39 is 27.9 Å². The number of sulfonamides is 1. The topological polar surface area (TPSA) is 127 Å². The van der Waals surface area contributed by atoms with E-state index in [-0.39, 0.29) is 11.8 Å². The van der Waals surface area contributed by atoms with Gasteiger partial charge in [0, 0.05) is 34.8 Å². The Bertz CT molecular complexity index is 1730. The fourth-order valence-electron chi connectivity index (χ4n) is 4.85. The van der Waals surface area contributed by atoms with Crippen LogP contribution in [0.25, 0.3) is 22.5 Å². The number of carbonyl (C=O) groups excluding carboxylic acids is 2. The third-order valence-corrected chi connectivity index (χ3v) is 9.57. The molecule has 0 fully saturated rings. The van der Waals surface area contributed by atoms with Crippen LogP contribution in [0.2, 0.25) is 0 Å². The first-order chi connectivity index (χ1) is 22.3. The van der Waals surface area contributed by atoms with Crippen LogP contribution in [0, 0.1) is 0 Å². The van der Waals surface area contributed by atoms with Crippen LogP contribution in [0.1, 0.15) is 79.9 Å². The highest BCUT2D eigenvalue weighted by Crippen LogP contribution is 2.29. The molecule has 0 spiro atoms. The fraction of sp³-hybridized carbons (Fsp3) is 0.389. The number of hydrogen-bond acceptors (Lipinski definition) is 8. The summed E-state index contributed by atoms with van der Waals surface area (Å²) < 4.78 is 31.5. The van der Waals surface area contributed by atoms with Crippen LogP contribution < -0.4 is 14.8 Å². The van der Waals surface area contributed by atoms with Crippen molar-refractivity contribution in [3.05, 3.63) is 88.4 Å². The summed E-state index contributed by atoms with van der Waals surface area (Å²) in [7, 11) is -3.82. The van der Waals surface area contributed by atoms with Crippen molar-refractivity contribution in [2.75, 3.05) is 12.9 Å². The van der Waals surface area contributed by atoms with Gasteiger partial charge in [0.15, 0.2) is 5.82 Å². The van der Waals surface area contributed by atoms with Gasteiger partial charge in [-0.15, -0.1) is 11.3 Å². The largest absolute Gasteiger partial charge is 0.494 e. The molecule has 0 aliphatic carbocycles. The smallest absolute Gasteiger partial charge is 0.262 e. The highest BCUT2D eigenvalue weighted by Gasteiger charge is 2.26. The molecular formula is C36H44N4O5S2. The van der Waals surface area contributed by atoms with Crippen LogP contribution in [0.4, 0.5) is 0 Å². The third kappa shape index (κ3) is 11.0. The molecule has 2 amide bonds. The molecule has 2 aromatic heterocycles. The minimum atomic E-state index is -3.82. The molecule has 2 aromatic carbocycles. The molecular weight excluding hydrogens is 633 g/mol. The van der Waals surface area contributed by atoms with E-state index >= 15 is 0 Å². The van der Waals surface area contributed by atoms with Crippen molar-refractivity contribution in [1.82, 2.24) is 20.0 Å².